The summed E-state index contributed by atoms with van der Waals surface area (Å²) >= 11 is 0. The summed E-state index contributed by atoms with van der Waals surface area (Å²) in [6.45, 7) is 2.74. The van der Waals surface area contributed by atoms with Gasteiger partial charge in [-0.15, -0.1) is 0 Å². The fourth-order valence-electron chi connectivity index (χ4n) is 2.52. The van der Waals surface area contributed by atoms with Crippen molar-refractivity contribution in [1.82, 2.24) is 0 Å². The SMILES string of the molecule is c1ccc(Oc2ccccc2NCC2CCOCC2)cc1. The number of nitrogens with one attached hydrogen (secondary N) is 1. The van der Waals surface area contributed by atoms with Gasteiger partial charge in [0.05, 0.1) is 5.69 Å². The lowest BCUT2D eigenvalue weighted by atomic mass is 10.0. The van der Waals surface area contributed by atoms with Crippen molar-refractivity contribution in [2.24, 2.45) is 5.92 Å². The maximum atomic E-state index is 5.96. The fraction of sp³-hybridized carbons (Fsp3) is 0.333. The lowest BCUT2D eigenvalue weighted by molar-refractivity contribution is 0.0699. The molecule has 0 aromatic heterocycles. The second kappa shape index (κ2) is 7.14. The Hall–Kier alpha value is -2.00. The normalized spacial score (nSPS) is 15.6. The molecule has 2 aromatic carbocycles. The van der Waals surface area contributed by atoms with E-state index in [9.17, 15) is 0 Å². The standard InChI is InChI=1S/C18H21NO2/c1-2-6-16(7-3-1)21-18-9-5-4-8-17(18)19-14-15-10-12-20-13-11-15/h1-9,15,19H,10-14H2. The minimum atomic E-state index is 0.684. The molecule has 1 aliphatic rings. The van der Waals surface area contributed by atoms with E-state index >= 15 is 0 Å². The molecule has 1 aliphatic heterocycles. The molecule has 0 spiro atoms. The zero-order valence-corrected chi connectivity index (χ0v) is 12.1. The number of rotatable bonds is 5. The summed E-state index contributed by atoms with van der Waals surface area (Å²) in [5.74, 6) is 2.41. The smallest absolute Gasteiger partial charge is 0.150 e. The van der Waals surface area contributed by atoms with Gasteiger partial charge in [-0.2, -0.15) is 0 Å². The maximum Gasteiger partial charge on any atom is 0.150 e. The summed E-state index contributed by atoms with van der Waals surface area (Å²) in [5, 5.41) is 3.52. The molecular formula is C18H21NO2. The molecule has 3 heteroatoms. The Bertz CT molecular complexity index is 550. The molecule has 110 valence electrons. The largest absolute Gasteiger partial charge is 0.455 e. The molecule has 1 fully saturated rings. The molecule has 0 saturated carbocycles. The van der Waals surface area contributed by atoms with E-state index in [1.165, 1.54) is 0 Å². The Labute approximate surface area is 125 Å². The molecule has 0 unspecified atom stereocenters. The van der Waals surface area contributed by atoms with Crippen molar-refractivity contribution in [2.45, 2.75) is 12.8 Å². The van der Waals surface area contributed by atoms with Gasteiger partial charge in [-0.3, -0.25) is 0 Å². The van der Waals surface area contributed by atoms with Gasteiger partial charge in [0.15, 0.2) is 5.75 Å². The van der Waals surface area contributed by atoms with Crippen LogP contribution < -0.4 is 10.1 Å². The summed E-state index contributed by atoms with van der Waals surface area (Å²) in [7, 11) is 0. The van der Waals surface area contributed by atoms with Crippen molar-refractivity contribution in [2.75, 3.05) is 25.1 Å². The first kappa shape index (κ1) is 14.0. The minimum Gasteiger partial charge on any atom is -0.455 e. The molecule has 0 bridgehead atoms. The van der Waals surface area contributed by atoms with E-state index in [-0.39, 0.29) is 0 Å². The van der Waals surface area contributed by atoms with Crippen molar-refractivity contribution in [1.29, 1.82) is 0 Å². The van der Waals surface area contributed by atoms with E-state index in [1.54, 1.807) is 0 Å². The summed E-state index contributed by atoms with van der Waals surface area (Å²) in [6, 6.07) is 18.0. The van der Waals surface area contributed by atoms with E-state index in [0.29, 0.717) is 5.92 Å². The highest BCUT2D eigenvalue weighted by molar-refractivity contribution is 5.57. The van der Waals surface area contributed by atoms with E-state index < -0.39 is 0 Å². The van der Waals surface area contributed by atoms with Crippen molar-refractivity contribution >= 4 is 5.69 Å². The molecule has 1 heterocycles. The van der Waals surface area contributed by atoms with Crippen molar-refractivity contribution < 1.29 is 9.47 Å². The monoisotopic (exact) mass is 283 g/mol. The van der Waals surface area contributed by atoms with Gasteiger partial charge in [0, 0.05) is 19.8 Å². The van der Waals surface area contributed by atoms with Crippen LogP contribution >= 0.6 is 0 Å². The topological polar surface area (TPSA) is 30.5 Å². The van der Waals surface area contributed by atoms with Crippen LogP contribution in [0.3, 0.4) is 0 Å². The molecule has 3 nitrogen and oxygen atoms in total. The van der Waals surface area contributed by atoms with Crippen LogP contribution in [0, 0.1) is 5.92 Å². The highest BCUT2D eigenvalue weighted by Crippen LogP contribution is 2.29. The molecule has 0 amide bonds. The minimum absolute atomic E-state index is 0.684. The molecule has 3 rings (SSSR count). The van der Waals surface area contributed by atoms with Crippen LogP contribution in [0.1, 0.15) is 12.8 Å². The summed E-state index contributed by atoms with van der Waals surface area (Å²) < 4.78 is 11.4. The third-order valence-corrected chi connectivity index (χ3v) is 3.78. The molecule has 2 aromatic rings. The van der Waals surface area contributed by atoms with Crippen LogP contribution in [0.2, 0.25) is 0 Å². The Kier molecular flexibility index (Phi) is 4.74. The molecule has 0 atom stereocenters. The van der Waals surface area contributed by atoms with Gasteiger partial charge >= 0.3 is 0 Å². The number of hydrogen-bond donors (Lipinski definition) is 1. The highest BCUT2D eigenvalue weighted by atomic mass is 16.5. The number of anilines is 1. The van der Waals surface area contributed by atoms with Gasteiger partial charge in [0.25, 0.3) is 0 Å². The lowest BCUT2D eigenvalue weighted by Crippen LogP contribution is -2.22. The van der Waals surface area contributed by atoms with Crippen LogP contribution in [-0.2, 0) is 4.74 Å². The molecule has 21 heavy (non-hydrogen) atoms. The number of hydrogen-bond acceptors (Lipinski definition) is 3. The van der Waals surface area contributed by atoms with Crippen molar-refractivity contribution in [3.05, 3.63) is 54.6 Å². The first-order chi connectivity index (χ1) is 10.4. The van der Waals surface area contributed by atoms with Gasteiger partial charge in [0.1, 0.15) is 5.75 Å². The second-order valence-electron chi connectivity index (χ2n) is 5.35. The third-order valence-electron chi connectivity index (χ3n) is 3.78. The first-order valence-electron chi connectivity index (χ1n) is 7.55. The summed E-state index contributed by atoms with van der Waals surface area (Å²) in [6.07, 6.45) is 2.27. The first-order valence-corrected chi connectivity index (χ1v) is 7.55. The predicted molar refractivity (Wildman–Crippen MR) is 85.0 cm³/mol. The molecule has 1 saturated heterocycles. The van der Waals surface area contributed by atoms with Crippen LogP contribution in [0.25, 0.3) is 0 Å². The fourth-order valence-corrected chi connectivity index (χ4v) is 2.52. The zero-order chi connectivity index (χ0) is 14.3. The van der Waals surface area contributed by atoms with E-state index in [4.69, 9.17) is 9.47 Å². The van der Waals surface area contributed by atoms with Crippen LogP contribution in [0.15, 0.2) is 54.6 Å². The Morgan fingerprint density at radius 3 is 2.48 bits per heavy atom. The van der Waals surface area contributed by atoms with Crippen LogP contribution in [-0.4, -0.2) is 19.8 Å². The van der Waals surface area contributed by atoms with Crippen LogP contribution in [0.4, 0.5) is 5.69 Å². The molecule has 0 aliphatic carbocycles. The van der Waals surface area contributed by atoms with E-state index in [0.717, 1.165) is 49.8 Å². The average Bonchev–Trinajstić information content (AvgIpc) is 2.56. The van der Waals surface area contributed by atoms with E-state index in [2.05, 4.69) is 11.4 Å². The third kappa shape index (κ3) is 3.99. The molecular weight excluding hydrogens is 262 g/mol. The quantitative estimate of drug-likeness (QED) is 0.886. The Balaban J connectivity index is 1.64. The van der Waals surface area contributed by atoms with Gasteiger partial charge in [-0.25, -0.2) is 0 Å². The van der Waals surface area contributed by atoms with Crippen molar-refractivity contribution in [3.63, 3.8) is 0 Å². The maximum absolute atomic E-state index is 5.96. The summed E-state index contributed by atoms with van der Waals surface area (Å²) in [4.78, 5) is 0. The van der Waals surface area contributed by atoms with E-state index in [1.807, 2.05) is 48.5 Å². The molecule has 0 radical (unpaired) electrons. The van der Waals surface area contributed by atoms with Crippen molar-refractivity contribution in [3.8, 4) is 11.5 Å². The van der Waals surface area contributed by atoms with Crippen LogP contribution in [0.5, 0.6) is 11.5 Å². The Morgan fingerprint density at radius 2 is 1.67 bits per heavy atom. The van der Waals surface area contributed by atoms with Gasteiger partial charge in [-0.1, -0.05) is 30.3 Å². The molecule has 1 N–H and O–H groups in total. The number of benzene rings is 2. The van der Waals surface area contributed by atoms with Gasteiger partial charge in [0.2, 0.25) is 0 Å². The number of ether oxygens (including phenoxy) is 2. The Morgan fingerprint density at radius 1 is 0.952 bits per heavy atom. The lowest BCUT2D eigenvalue weighted by Gasteiger charge is -2.23. The van der Waals surface area contributed by atoms with Gasteiger partial charge in [-0.05, 0) is 43.0 Å². The number of para-hydroxylation sites is 3. The van der Waals surface area contributed by atoms with Gasteiger partial charge < -0.3 is 14.8 Å². The predicted octanol–water partition coefficient (Wildman–Crippen LogP) is 4.32. The summed E-state index contributed by atoms with van der Waals surface area (Å²) in [5.41, 5.74) is 1.05. The highest BCUT2D eigenvalue weighted by Gasteiger charge is 2.14. The second-order valence-corrected chi connectivity index (χ2v) is 5.35. The zero-order valence-electron chi connectivity index (χ0n) is 12.1. The average molecular weight is 283 g/mol.